The van der Waals surface area contributed by atoms with E-state index in [9.17, 15) is 27.5 Å². The van der Waals surface area contributed by atoms with Gasteiger partial charge in [-0.2, -0.15) is 0 Å². The zero-order valence-electron chi connectivity index (χ0n) is 20.3. The number of aliphatic hydroxyl groups excluding tert-OH is 1. The first-order valence-corrected chi connectivity index (χ1v) is 14.3. The maximum atomic E-state index is 13.2. The molecule has 0 bridgehead atoms. The van der Waals surface area contributed by atoms with Crippen LogP contribution in [0.3, 0.4) is 0 Å². The first-order chi connectivity index (χ1) is 17.5. The number of carbonyl (C=O) groups excluding carboxylic acids is 2. The van der Waals surface area contributed by atoms with Crippen molar-refractivity contribution in [1.82, 2.24) is 15.4 Å². The number of carbonyl (C=O) groups is 2. The Morgan fingerprint density at radius 3 is 2.54 bits per heavy atom. The molecular formula is C25H29ClFN3O5S2. The van der Waals surface area contributed by atoms with Gasteiger partial charge in [-0.1, -0.05) is 43.6 Å². The fourth-order valence-corrected chi connectivity index (χ4v) is 6.16. The summed E-state index contributed by atoms with van der Waals surface area (Å²) in [5.74, 6) is -1.27. The molecule has 1 unspecified atom stereocenters. The molecule has 2 atom stereocenters. The van der Waals surface area contributed by atoms with Crippen molar-refractivity contribution in [3.8, 4) is 0 Å². The molecule has 0 spiro atoms. The van der Waals surface area contributed by atoms with Gasteiger partial charge in [-0.3, -0.25) is 9.59 Å². The third-order valence-corrected chi connectivity index (χ3v) is 8.47. The summed E-state index contributed by atoms with van der Waals surface area (Å²) in [5.41, 5.74) is 0. The number of hydrogen-bond donors (Lipinski definition) is 4. The highest BCUT2D eigenvalue weighted by atomic mass is 35.5. The average Bonchev–Trinajstić information content (AvgIpc) is 3.26. The number of thiophene rings is 1. The molecular weight excluding hydrogens is 541 g/mol. The van der Waals surface area contributed by atoms with Crippen molar-refractivity contribution in [2.75, 3.05) is 13.1 Å². The van der Waals surface area contributed by atoms with Gasteiger partial charge in [0.15, 0.2) is 0 Å². The van der Waals surface area contributed by atoms with Crippen molar-refractivity contribution >= 4 is 54.9 Å². The van der Waals surface area contributed by atoms with Crippen LogP contribution in [-0.4, -0.2) is 50.6 Å². The summed E-state index contributed by atoms with van der Waals surface area (Å²) in [4.78, 5) is 25.8. The minimum atomic E-state index is -4.06. The Labute approximate surface area is 224 Å². The van der Waals surface area contributed by atoms with Crippen molar-refractivity contribution in [2.24, 2.45) is 5.92 Å². The molecule has 4 N–H and O–H groups in total. The summed E-state index contributed by atoms with van der Waals surface area (Å²) in [7, 11) is -4.06. The fraction of sp³-hybridized carbons (Fsp3) is 0.360. The molecule has 0 radical (unpaired) electrons. The summed E-state index contributed by atoms with van der Waals surface area (Å²) < 4.78 is 41.1. The fourth-order valence-electron chi connectivity index (χ4n) is 3.59. The SMILES string of the molecule is CC(C)C[C@H](NC(=O)c1cc2ccccc2s1)C(=O)NCCC(O)CNS(=O)(=O)c1ccc(F)cc1Cl. The van der Waals surface area contributed by atoms with Crippen LogP contribution in [0.1, 0.15) is 36.4 Å². The molecule has 0 aliphatic heterocycles. The second-order valence-electron chi connectivity index (χ2n) is 8.96. The first kappa shape index (κ1) is 29.0. The van der Waals surface area contributed by atoms with Crippen LogP contribution in [0.25, 0.3) is 10.1 Å². The van der Waals surface area contributed by atoms with E-state index in [1.807, 2.05) is 38.1 Å². The van der Waals surface area contributed by atoms with Gasteiger partial charge >= 0.3 is 0 Å². The van der Waals surface area contributed by atoms with E-state index in [1.54, 1.807) is 6.07 Å². The Hall–Kier alpha value is -2.57. The highest BCUT2D eigenvalue weighted by molar-refractivity contribution is 7.89. The van der Waals surface area contributed by atoms with Gasteiger partial charge in [0.1, 0.15) is 16.8 Å². The molecule has 3 aromatic rings. The monoisotopic (exact) mass is 569 g/mol. The van der Waals surface area contributed by atoms with Crippen LogP contribution in [0.15, 0.2) is 53.4 Å². The molecule has 0 saturated carbocycles. The maximum absolute atomic E-state index is 13.2. The molecule has 8 nitrogen and oxygen atoms in total. The zero-order valence-corrected chi connectivity index (χ0v) is 22.7. The van der Waals surface area contributed by atoms with E-state index in [1.165, 1.54) is 11.3 Å². The number of sulfonamides is 1. The second-order valence-corrected chi connectivity index (χ2v) is 12.2. The third-order valence-electron chi connectivity index (χ3n) is 5.45. The number of fused-ring (bicyclic) bond motifs is 1. The van der Waals surface area contributed by atoms with Crippen LogP contribution in [0, 0.1) is 11.7 Å². The van der Waals surface area contributed by atoms with Gasteiger partial charge in [0.25, 0.3) is 5.91 Å². The van der Waals surface area contributed by atoms with Crippen molar-refractivity contribution in [1.29, 1.82) is 0 Å². The van der Waals surface area contributed by atoms with E-state index in [4.69, 9.17) is 11.6 Å². The minimum absolute atomic E-state index is 0.0596. The standard InChI is InChI=1S/C25H29ClFN3O5S2/c1-15(2)11-20(30-25(33)22-12-16-5-3-4-6-21(16)36-22)24(32)28-10-9-18(31)14-29-37(34,35)23-8-7-17(27)13-19(23)26/h3-8,12-13,15,18,20,29,31H,9-11,14H2,1-2H3,(H,28,32)(H,30,33)/t18?,20-/m0/s1. The lowest BCUT2D eigenvalue weighted by molar-refractivity contribution is -0.123. The molecule has 2 aromatic carbocycles. The van der Waals surface area contributed by atoms with E-state index >= 15 is 0 Å². The number of benzene rings is 2. The largest absolute Gasteiger partial charge is 0.392 e. The molecule has 37 heavy (non-hydrogen) atoms. The van der Waals surface area contributed by atoms with Crippen LogP contribution >= 0.6 is 22.9 Å². The van der Waals surface area contributed by atoms with E-state index in [0.29, 0.717) is 11.3 Å². The Balaban J connectivity index is 1.51. The van der Waals surface area contributed by atoms with Crippen LogP contribution < -0.4 is 15.4 Å². The van der Waals surface area contributed by atoms with E-state index in [0.717, 1.165) is 28.3 Å². The zero-order chi connectivity index (χ0) is 27.2. The van der Waals surface area contributed by atoms with Gasteiger partial charge in [-0.25, -0.2) is 17.5 Å². The van der Waals surface area contributed by atoms with Gasteiger partial charge in [-0.15, -0.1) is 11.3 Å². The third kappa shape index (κ3) is 8.21. The molecule has 0 fully saturated rings. The lowest BCUT2D eigenvalue weighted by Crippen LogP contribution is -2.48. The average molecular weight is 570 g/mol. The lowest BCUT2D eigenvalue weighted by atomic mass is 10.0. The Kier molecular flexibility index (Phi) is 10.0. The molecule has 2 amide bonds. The van der Waals surface area contributed by atoms with Gasteiger partial charge in [0, 0.05) is 17.8 Å². The molecule has 12 heteroatoms. The van der Waals surface area contributed by atoms with E-state index in [2.05, 4.69) is 15.4 Å². The van der Waals surface area contributed by atoms with Crippen LogP contribution in [0.4, 0.5) is 4.39 Å². The Bertz CT molecular complexity index is 1330. The number of nitrogens with one attached hydrogen (secondary N) is 3. The molecule has 3 rings (SSSR count). The number of hydrogen-bond acceptors (Lipinski definition) is 6. The van der Waals surface area contributed by atoms with Crippen molar-refractivity contribution < 1.29 is 27.5 Å². The number of halogens is 2. The van der Waals surface area contributed by atoms with Gasteiger partial charge in [-0.05, 0) is 54.5 Å². The second kappa shape index (κ2) is 12.8. The molecule has 0 aliphatic rings. The topological polar surface area (TPSA) is 125 Å². The van der Waals surface area contributed by atoms with Crippen molar-refractivity contribution in [3.05, 3.63) is 64.2 Å². The molecule has 200 valence electrons. The van der Waals surface area contributed by atoms with E-state index in [-0.39, 0.29) is 41.3 Å². The molecule has 1 heterocycles. The van der Waals surface area contributed by atoms with Crippen LogP contribution in [-0.2, 0) is 14.8 Å². The predicted octanol–water partition coefficient (Wildman–Crippen LogP) is 3.68. The Morgan fingerprint density at radius 1 is 1.14 bits per heavy atom. The molecule has 0 aliphatic carbocycles. The van der Waals surface area contributed by atoms with E-state index < -0.39 is 33.9 Å². The summed E-state index contributed by atoms with van der Waals surface area (Å²) in [5, 5.41) is 16.4. The number of rotatable bonds is 12. The van der Waals surface area contributed by atoms with Crippen molar-refractivity contribution in [3.63, 3.8) is 0 Å². The maximum Gasteiger partial charge on any atom is 0.262 e. The van der Waals surface area contributed by atoms with Gasteiger partial charge in [0.05, 0.1) is 16.0 Å². The smallest absolute Gasteiger partial charge is 0.262 e. The normalized spacial score (nSPS) is 13.5. The molecule has 1 aromatic heterocycles. The Morgan fingerprint density at radius 2 is 1.86 bits per heavy atom. The van der Waals surface area contributed by atoms with Gasteiger partial charge < -0.3 is 15.7 Å². The summed E-state index contributed by atoms with van der Waals surface area (Å²) in [6, 6.07) is 11.5. The summed E-state index contributed by atoms with van der Waals surface area (Å²) in [6.07, 6.45) is -0.626. The lowest BCUT2D eigenvalue weighted by Gasteiger charge is -2.20. The number of amides is 2. The number of aliphatic hydroxyl groups is 1. The van der Waals surface area contributed by atoms with Crippen molar-refractivity contribution in [2.45, 2.75) is 43.7 Å². The minimum Gasteiger partial charge on any atom is -0.392 e. The predicted molar refractivity (Wildman–Crippen MR) is 143 cm³/mol. The van der Waals surface area contributed by atoms with Gasteiger partial charge in [0.2, 0.25) is 15.9 Å². The van der Waals surface area contributed by atoms with Crippen LogP contribution in [0.2, 0.25) is 5.02 Å². The highest BCUT2D eigenvalue weighted by Gasteiger charge is 2.24. The summed E-state index contributed by atoms with van der Waals surface area (Å²) in [6.45, 7) is 3.61. The first-order valence-electron chi connectivity index (χ1n) is 11.7. The van der Waals surface area contributed by atoms with Crippen LogP contribution in [0.5, 0.6) is 0 Å². The quantitative estimate of drug-likeness (QED) is 0.265. The summed E-state index contributed by atoms with van der Waals surface area (Å²) >= 11 is 7.16. The molecule has 0 saturated heterocycles. The highest BCUT2D eigenvalue weighted by Crippen LogP contribution is 2.25.